The number of aryl methyl sites for hydroxylation is 1. The van der Waals surface area contributed by atoms with Gasteiger partial charge in [0.25, 0.3) is 0 Å². The summed E-state index contributed by atoms with van der Waals surface area (Å²) in [4.78, 5) is 2.23. The molecule has 1 aromatic carbocycles. The Bertz CT molecular complexity index is 550. The van der Waals surface area contributed by atoms with E-state index in [-0.39, 0.29) is 0 Å². The summed E-state index contributed by atoms with van der Waals surface area (Å²) in [5.41, 5.74) is 9.36. The Morgan fingerprint density at radius 3 is 2.84 bits per heavy atom. The molecule has 0 unspecified atom stereocenters. The van der Waals surface area contributed by atoms with Crippen molar-refractivity contribution < 1.29 is 0 Å². The van der Waals surface area contributed by atoms with Crippen LogP contribution in [0.1, 0.15) is 11.1 Å². The van der Waals surface area contributed by atoms with Crippen molar-refractivity contribution in [3.8, 4) is 0 Å². The summed E-state index contributed by atoms with van der Waals surface area (Å²) >= 11 is 3.53. The third kappa shape index (κ3) is 3.58. The molecule has 5 heteroatoms. The summed E-state index contributed by atoms with van der Waals surface area (Å²) in [6.07, 6.45) is 4.83. The third-order valence-electron chi connectivity index (χ3n) is 3.05. The first kappa shape index (κ1) is 14.1. The number of benzene rings is 1. The first-order chi connectivity index (χ1) is 9.10. The molecule has 0 saturated carbocycles. The lowest BCUT2D eigenvalue weighted by atomic mass is 10.1. The minimum Gasteiger partial charge on any atom is -0.370 e. The van der Waals surface area contributed by atoms with Crippen molar-refractivity contribution in [2.45, 2.75) is 13.0 Å². The highest BCUT2D eigenvalue weighted by molar-refractivity contribution is 9.10. The number of nitrogens with zero attached hydrogens (tertiary/aromatic N) is 3. The lowest BCUT2D eigenvalue weighted by Crippen LogP contribution is -2.18. The maximum Gasteiger partial charge on any atom is 0.0539 e. The summed E-state index contributed by atoms with van der Waals surface area (Å²) in [5, 5.41) is 4.20. The molecule has 0 amide bonds. The number of nitrogens with two attached hydrogens (primary N) is 1. The molecule has 2 aromatic rings. The van der Waals surface area contributed by atoms with Crippen molar-refractivity contribution >= 4 is 21.6 Å². The molecule has 0 aliphatic rings. The van der Waals surface area contributed by atoms with Gasteiger partial charge in [-0.3, -0.25) is 4.68 Å². The van der Waals surface area contributed by atoms with Crippen LogP contribution in [0.5, 0.6) is 0 Å². The summed E-state index contributed by atoms with van der Waals surface area (Å²) in [6.45, 7) is 1.50. The van der Waals surface area contributed by atoms with E-state index in [1.54, 1.807) is 0 Å². The fourth-order valence-corrected chi connectivity index (χ4v) is 2.52. The topological polar surface area (TPSA) is 47.1 Å². The van der Waals surface area contributed by atoms with Crippen LogP contribution in [-0.2, 0) is 20.0 Å². The van der Waals surface area contributed by atoms with Gasteiger partial charge in [0.05, 0.1) is 6.20 Å². The van der Waals surface area contributed by atoms with Crippen molar-refractivity contribution in [1.29, 1.82) is 0 Å². The third-order valence-corrected chi connectivity index (χ3v) is 3.54. The molecule has 0 aliphatic carbocycles. The van der Waals surface area contributed by atoms with E-state index >= 15 is 0 Å². The predicted molar refractivity (Wildman–Crippen MR) is 82.2 cm³/mol. The minimum atomic E-state index is 0.662. The molecular formula is C14H19BrN4. The van der Waals surface area contributed by atoms with Crippen molar-refractivity contribution in [2.24, 2.45) is 12.8 Å². The van der Waals surface area contributed by atoms with Crippen molar-refractivity contribution in [2.75, 3.05) is 18.5 Å². The Hall–Kier alpha value is -1.33. The van der Waals surface area contributed by atoms with E-state index in [1.807, 2.05) is 24.1 Å². The van der Waals surface area contributed by atoms with Gasteiger partial charge in [-0.2, -0.15) is 5.10 Å². The normalized spacial score (nSPS) is 10.7. The Labute approximate surface area is 122 Å². The summed E-state index contributed by atoms with van der Waals surface area (Å²) < 4.78 is 2.91. The van der Waals surface area contributed by atoms with Crippen LogP contribution < -0.4 is 10.6 Å². The Balaban J connectivity index is 2.21. The van der Waals surface area contributed by atoms with Crippen LogP contribution in [0, 0.1) is 0 Å². The van der Waals surface area contributed by atoms with Crippen molar-refractivity contribution in [3.05, 3.63) is 46.2 Å². The van der Waals surface area contributed by atoms with E-state index in [0.717, 1.165) is 17.4 Å². The molecule has 0 atom stereocenters. The van der Waals surface area contributed by atoms with Crippen LogP contribution in [0.25, 0.3) is 0 Å². The van der Waals surface area contributed by atoms with Gasteiger partial charge in [-0.25, -0.2) is 0 Å². The molecule has 2 rings (SSSR count). The Morgan fingerprint density at radius 2 is 2.21 bits per heavy atom. The van der Waals surface area contributed by atoms with Crippen molar-refractivity contribution in [3.63, 3.8) is 0 Å². The van der Waals surface area contributed by atoms with E-state index in [9.17, 15) is 0 Å². The van der Waals surface area contributed by atoms with E-state index in [1.165, 1.54) is 16.8 Å². The van der Waals surface area contributed by atoms with Gasteiger partial charge in [-0.05, 0) is 30.7 Å². The molecule has 102 valence electrons. The zero-order chi connectivity index (χ0) is 13.8. The van der Waals surface area contributed by atoms with Gasteiger partial charge in [0.2, 0.25) is 0 Å². The number of halogens is 1. The van der Waals surface area contributed by atoms with Crippen LogP contribution in [0.4, 0.5) is 5.69 Å². The first-order valence-electron chi connectivity index (χ1n) is 6.27. The fourth-order valence-electron chi connectivity index (χ4n) is 2.17. The zero-order valence-corrected chi connectivity index (χ0v) is 12.9. The lowest BCUT2D eigenvalue weighted by Gasteiger charge is -2.22. The SMILES string of the molecule is CN(Cc1cnn(C)c1)c1cc(Br)ccc1CCN. The quantitative estimate of drug-likeness (QED) is 0.919. The van der Waals surface area contributed by atoms with Crippen LogP contribution in [0.15, 0.2) is 35.1 Å². The van der Waals surface area contributed by atoms with Gasteiger partial charge in [-0.1, -0.05) is 22.0 Å². The highest BCUT2D eigenvalue weighted by Crippen LogP contribution is 2.25. The van der Waals surface area contributed by atoms with E-state index in [4.69, 9.17) is 5.73 Å². The highest BCUT2D eigenvalue weighted by atomic mass is 79.9. The molecule has 19 heavy (non-hydrogen) atoms. The van der Waals surface area contributed by atoms with E-state index in [0.29, 0.717) is 6.54 Å². The van der Waals surface area contributed by atoms with Crippen LogP contribution >= 0.6 is 15.9 Å². The maximum absolute atomic E-state index is 5.68. The van der Waals surface area contributed by atoms with Gasteiger partial charge in [0.1, 0.15) is 0 Å². The smallest absolute Gasteiger partial charge is 0.0539 e. The largest absolute Gasteiger partial charge is 0.370 e. The predicted octanol–water partition coefficient (Wildman–Crippen LogP) is 2.32. The van der Waals surface area contributed by atoms with Gasteiger partial charge < -0.3 is 10.6 Å². The molecule has 1 heterocycles. The highest BCUT2D eigenvalue weighted by Gasteiger charge is 2.09. The van der Waals surface area contributed by atoms with Gasteiger partial charge >= 0.3 is 0 Å². The Morgan fingerprint density at radius 1 is 1.42 bits per heavy atom. The average Bonchev–Trinajstić information content (AvgIpc) is 2.77. The van der Waals surface area contributed by atoms with Crippen molar-refractivity contribution in [1.82, 2.24) is 9.78 Å². The van der Waals surface area contributed by atoms with Crippen LogP contribution in [0.3, 0.4) is 0 Å². The van der Waals surface area contributed by atoms with Gasteiger partial charge in [0, 0.05) is 42.6 Å². The number of hydrogen-bond donors (Lipinski definition) is 1. The minimum absolute atomic E-state index is 0.662. The number of anilines is 1. The first-order valence-corrected chi connectivity index (χ1v) is 7.06. The standard InChI is InChI=1S/C14H19BrN4/c1-18(9-11-8-17-19(2)10-11)14-7-13(15)4-3-12(14)5-6-16/h3-4,7-8,10H,5-6,9,16H2,1-2H3. The van der Waals surface area contributed by atoms with E-state index in [2.05, 4.69) is 51.2 Å². The number of aromatic nitrogens is 2. The Kier molecular flexibility index (Phi) is 4.61. The summed E-state index contributed by atoms with van der Waals surface area (Å²) in [5.74, 6) is 0. The molecule has 4 nitrogen and oxygen atoms in total. The fraction of sp³-hybridized carbons (Fsp3) is 0.357. The number of rotatable bonds is 5. The second-order valence-electron chi connectivity index (χ2n) is 4.69. The second-order valence-corrected chi connectivity index (χ2v) is 5.61. The maximum atomic E-state index is 5.68. The van der Waals surface area contributed by atoms with Crippen LogP contribution in [0.2, 0.25) is 0 Å². The summed E-state index contributed by atoms with van der Waals surface area (Å²) in [6, 6.07) is 6.33. The lowest BCUT2D eigenvalue weighted by molar-refractivity contribution is 0.766. The molecule has 0 spiro atoms. The molecule has 0 fully saturated rings. The molecule has 0 saturated heterocycles. The molecule has 2 N–H and O–H groups in total. The molecule has 0 radical (unpaired) electrons. The summed E-state index contributed by atoms with van der Waals surface area (Å²) in [7, 11) is 4.03. The molecular weight excluding hydrogens is 304 g/mol. The van der Waals surface area contributed by atoms with E-state index < -0.39 is 0 Å². The van der Waals surface area contributed by atoms with Gasteiger partial charge in [-0.15, -0.1) is 0 Å². The second kappa shape index (κ2) is 6.21. The molecule has 1 aromatic heterocycles. The molecule has 0 aliphatic heterocycles. The van der Waals surface area contributed by atoms with Crippen LogP contribution in [-0.4, -0.2) is 23.4 Å². The zero-order valence-electron chi connectivity index (χ0n) is 11.3. The average molecular weight is 323 g/mol. The number of hydrogen-bond acceptors (Lipinski definition) is 3. The van der Waals surface area contributed by atoms with Gasteiger partial charge in [0.15, 0.2) is 0 Å². The monoisotopic (exact) mass is 322 g/mol. The molecule has 0 bridgehead atoms.